The van der Waals surface area contributed by atoms with Crippen LogP contribution >= 0.6 is 0 Å². The van der Waals surface area contributed by atoms with E-state index in [1.54, 1.807) is 7.11 Å². The lowest BCUT2D eigenvalue weighted by Gasteiger charge is -2.26. The number of urea groups is 1. The molecule has 1 N–H and O–H groups in total. The summed E-state index contributed by atoms with van der Waals surface area (Å²) < 4.78 is 11.0. The second-order valence-electron chi connectivity index (χ2n) is 7.23. The van der Waals surface area contributed by atoms with Crippen LogP contribution in [0, 0.1) is 0 Å². The minimum absolute atomic E-state index is 0.0609. The molecule has 1 heterocycles. The molecular weight excluding hydrogens is 368 g/mol. The van der Waals surface area contributed by atoms with Crippen molar-refractivity contribution in [3.8, 4) is 11.3 Å². The van der Waals surface area contributed by atoms with Crippen LogP contribution < -0.4 is 10.2 Å². The second kappa shape index (κ2) is 11.5. The van der Waals surface area contributed by atoms with Crippen molar-refractivity contribution in [2.45, 2.75) is 46.7 Å². The normalized spacial score (nSPS) is 11.0. The third-order valence-corrected chi connectivity index (χ3v) is 4.69. The van der Waals surface area contributed by atoms with Gasteiger partial charge in [0.15, 0.2) is 0 Å². The van der Waals surface area contributed by atoms with Crippen molar-refractivity contribution in [1.82, 2.24) is 15.4 Å². The number of nitrogens with one attached hydrogen (secondary N) is 1. The minimum Gasteiger partial charge on any atom is -0.385 e. The average Bonchev–Trinajstić information content (AvgIpc) is 3.12. The summed E-state index contributed by atoms with van der Waals surface area (Å²) in [5.41, 5.74) is 2.68. The number of carbonyl (C=O) groups excluding carboxylic acids is 1. The van der Waals surface area contributed by atoms with Gasteiger partial charge < -0.3 is 24.4 Å². The Bertz CT molecular complexity index is 742. The van der Waals surface area contributed by atoms with E-state index in [0.717, 1.165) is 42.2 Å². The highest BCUT2D eigenvalue weighted by atomic mass is 16.5. The summed E-state index contributed by atoms with van der Waals surface area (Å²) in [6.45, 7) is 11.3. The van der Waals surface area contributed by atoms with Crippen molar-refractivity contribution in [1.29, 1.82) is 0 Å². The van der Waals surface area contributed by atoms with Crippen molar-refractivity contribution in [3.05, 3.63) is 35.9 Å². The maximum absolute atomic E-state index is 12.9. The monoisotopic (exact) mass is 402 g/mol. The smallest absolute Gasteiger partial charge is 0.317 e. The van der Waals surface area contributed by atoms with Gasteiger partial charge in [-0.1, -0.05) is 35.5 Å². The molecule has 0 spiro atoms. The lowest BCUT2D eigenvalue weighted by atomic mass is 10.1. The maximum atomic E-state index is 12.9. The molecule has 7 heteroatoms. The van der Waals surface area contributed by atoms with Crippen molar-refractivity contribution >= 4 is 11.9 Å². The van der Waals surface area contributed by atoms with Crippen LogP contribution in [0.2, 0.25) is 0 Å². The van der Waals surface area contributed by atoms with Gasteiger partial charge in [-0.05, 0) is 34.1 Å². The van der Waals surface area contributed by atoms with E-state index in [1.165, 1.54) is 0 Å². The third kappa shape index (κ3) is 6.22. The molecule has 2 rings (SSSR count). The van der Waals surface area contributed by atoms with E-state index in [9.17, 15) is 4.79 Å². The Labute approximate surface area is 174 Å². The molecule has 1 aromatic carbocycles. The first-order chi connectivity index (χ1) is 14.0. The summed E-state index contributed by atoms with van der Waals surface area (Å²) in [5, 5.41) is 7.37. The molecule has 29 heavy (non-hydrogen) atoms. The Hall–Kier alpha value is -2.54. The van der Waals surface area contributed by atoms with Crippen molar-refractivity contribution in [2.24, 2.45) is 0 Å². The van der Waals surface area contributed by atoms with Crippen molar-refractivity contribution in [3.63, 3.8) is 0 Å². The number of anilines is 1. The summed E-state index contributed by atoms with van der Waals surface area (Å²) in [7, 11) is 1.67. The zero-order valence-corrected chi connectivity index (χ0v) is 18.3. The molecule has 0 aliphatic carbocycles. The number of ether oxygens (including phenoxy) is 1. The molecule has 160 valence electrons. The molecule has 0 bridgehead atoms. The number of rotatable bonds is 11. The molecular formula is C22H34N4O3. The SMILES string of the molecule is CCN(CC)c1onc(-c2ccccc2)c1CN(CCCOC)C(=O)NC(C)C. The van der Waals surface area contributed by atoms with Gasteiger partial charge in [-0.25, -0.2) is 4.79 Å². The van der Waals surface area contributed by atoms with Gasteiger partial charge in [0.25, 0.3) is 0 Å². The lowest BCUT2D eigenvalue weighted by molar-refractivity contribution is 0.165. The van der Waals surface area contributed by atoms with Crippen LogP contribution in [0.5, 0.6) is 0 Å². The Morgan fingerprint density at radius 3 is 2.48 bits per heavy atom. The van der Waals surface area contributed by atoms with Gasteiger partial charge in [-0.3, -0.25) is 0 Å². The number of methoxy groups -OCH3 is 1. The molecule has 0 aliphatic heterocycles. The molecule has 0 unspecified atom stereocenters. The molecule has 2 aromatic rings. The largest absolute Gasteiger partial charge is 0.385 e. The lowest BCUT2D eigenvalue weighted by Crippen LogP contribution is -2.43. The van der Waals surface area contributed by atoms with E-state index >= 15 is 0 Å². The highest BCUT2D eigenvalue weighted by molar-refractivity contribution is 5.76. The fourth-order valence-electron chi connectivity index (χ4n) is 3.21. The zero-order valence-electron chi connectivity index (χ0n) is 18.3. The van der Waals surface area contributed by atoms with E-state index in [0.29, 0.717) is 19.7 Å². The van der Waals surface area contributed by atoms with E-state index in [-0.39, 0.29) is 12.1 Å². The fourth-order valence-corrected chi connectivity index (χ4v) is 3.21. The highest BCUT2D eigenvalue weighted by Gasteiger charge is 2.25. The Morgan fingerprint density at radius 2 is 1.90 bits per heavy atom. The second-order valence-corrected chi connectivity index (χ2v) is 7.23. The number of aromatic nitrogens is 1. The number of hydrogen-bond donors (Lipinski definition) is 1. The number of hydrogen-bond acceptors (Lipinski definition) is 5. The topological polar surface area (TPSA) is 70.8 Å². The summed E-state index contributed by atoms with van der Waals surface area (Å²) in [5.74, 6) is 0.725. The van der Waals surface area contributed by atoms with E-state index in [2.05, 4.69) is 29.2 Å². The van der Waals surface area contributed by atoms with E-state index in [1.807, 2.05) is 49.1 Å². The van der Waals surface area contributed by atoms with Gasteiger partial charge >= 0.3 is 6.03 Å². The Balaban J connectivity index is 2.41. The molecule has 0 radical (unpaired) electrons. The predicted octanol–water partition coefficient (Wildman–Crippen LogP) is 4.14. The molecule has 2 amide bonds. The van der Waals surface area contributed by atoms with Gasteiger partial charge in [0.05, 0.1) is 12.1 Å². The van der Waals surface area contributed by atoms with Crippen LogP contribution in [0.25, 0.3) is 11.3 Å². The number of benzene rings is 1. The standard InChI is InChI=1S/C22H34N4O3/c1-6-25(7-2)21-19(20(24-29-21)18-12-9-8-10-13-18)16-26(14-11-15-28-5)22(27)23-17(3)4/h8-10,12-13,17H,6-7,11,14-16H2,1-5H3,(H,23,27). The molecule has 0 aliphatic rings. The molecule has 0 saturated heterocycles. The quantitative estimate of drug-likeness (QED) is 0.572. The van der Waals surface area contributed by atoms with E-state index in [4.69, 9.17) is 9.26 Å². The number of nitrogens with zero attached hydrogens (tertiary/aromatic N) is 3. The van der Waals surface area contributed by atoms with Gasteiger partial charge in [0.1, 0.15) is 5.69 Å². The minimum atomic E-state index is -0.0955. The van der Waals surface area contributed by atoms with Gasteiger partial charge in [-0.15, -0.1) is 0 Å². The molecule has 0 saturated carbocycles. The predicted molar refractivity (Wildman–Crippen MR) is 116 cm³/mol. The summed E-state index contributed by atoms with van der Waals surface area (Å²) in [4.78, 5) is 16.8. The number of carbonyl (C=O) groups is 1. The van der Waals surface area contributed by atoms with Crippen molar-refractivity contribution in [2.75, 3.05) is 38.3 Å². The highest BCUT2D eigenvalue weighted by Crippen LogP contribution is 2.32. The molecule has 0 atom stereocenters. The van der Waals surface area contributed by atoms with Crippen molar-refractivity contribution < 1.29 is 14.1 Å². The van der Waals surface area contributed by atoms with Crippen LogP contribution in [0.4, 0.5) is 10.7 Å². The van der Waals surface area contributed by atoms with Gasteiger partial charge in [0, 0.05) is 45.0 Å². The van der Waals surface area contributed by atoms with Crippen LogP contribution in [0.3, 0.4) is 0 Å². The molecule has 7 nitrogen and oxygen atoms in total. The van der Waals surface area contributed by atoms with Crippen LogP contribution in [-0.2, 0) is 11.3 Å². The fraction of sp³-hybridized carbons (Fsp3) is 0.545. The maximum Gasteiger partial charge on any atom is 0.317 e. The Kier molecular flexibility index (Phi) is 8.99. The van der Waals surface area contributed by atoms with Gasteiger partial charge in [0.2, 0.25) is 5.88 Å². The zero-order chi connectivity index (χ0) is 21.2. The summed E-state index contributed by atoms with van der Waals surface area (Å²) in [6, 6.07) is 9.92. The average molecular weight is 403 g/mol. The summed E-state index contributed by atoms with van der Waals surface area (Å²) >= 11 is 0. The third-order valence-electron chi connectivity index (χ3n) is 4.69. The number of amides is 2. The van der Waals surface area contributed by atoms with Crippen LogP contribution in [0.1, 0.15) is 39.7 Å². The van der Waals surface area contributed by atoms with Crippen LogP contribution in [-0.4, -0.2) is 55.5 Å². The van der Waals surface area contributed by atoms with E-state index < -0.39 is 0 Å². The van der Waals surface area contributed by atoms with Gasteiger partial charge in [-0.2, -0.15) is 0 Å². The summed E-state index contributed by atoms with van der Waals surface area (Å²) in [6.07, 6.45) is 0.759. The molecule has 0 fully saturated rings. The first-order valence-corrected chi connectivity index (χ1v) is 10.3. The van der Waals surface area contributed by atoms with Crippen LogP contribution in [0.15, 0.2) is 34.9 Å². The first kappa shape index (κ1) is 22.7. The Morgan fingerprint density at radius 1 is 1.21 bits per heavy atom. The first-order valence-electron chi connectivity index (χ1n) is 10.3. The molecule has 1 aromatic heterocycles.